The molecule has 1 aliphatic heterocycles. The summed E-state index contributed by atoms with van der Waals surface area (Å²) in [4.78, 5) is 14.2. The molecule has 2 N–H and O–H groups in total. The van der Waals surface area contributed by atoms with Gasteiger partial charge in [-0.3, -0.25) is 0 Å². The number of hydrogen-bond donors (Lipinski definition) is 1. The summed E-state index contributed by atoms with van der Waals surface area (Å²) in [6, 6.07) is 5.84. The van der Waals surface area contributed by atoms with E-state index >= 15 is 0 Å². The van der Waals surface area contributed by atoms with Gasteiger partial charge in [0.05, 0.1) is 23.5 Å². The van der Waals surface area contributed by atoms with Crippen molar-refractivity contribution in [3.05, 3.63) is 23.8 Å². The maximum atomic E-state index is 12.0. The molecular formula is C14H20N2O2S. The summed E-state index contributed by atoms with van der Waals surface area (Å²) >= 11 is 1.94. The summed E-state index contributed by atoms with van der Waals surface area (Å²) < 4.78 is 5.11. The molecule has 19 heavy (non-hydrogen) atoms. The van der Waals surface area contributed by atoms with Crippen LogP contribution < -0.4 is 10.6 Å². The van der Waals surface area contributed by atoms with Crippen molar-refractivity contribution in [1.29, 1.82) is 0 Å². The minimum absolute atomic E-state index is 0.303. The third-order valence-electron chi connectivity index (χ3n) is 3.37. The van der Waals surface area contributed by atoms with Crippen molar-refractivity contribution in [1.82, 2.24) is 0 Å². The molecule has 0 spiro atoms. The Morgan fingerprint density at radius 2 is 2.37 bits per heavy atom. The summed E-state index contributed by atoms with van der Waals surface area (Å²) in [5, 5.41) is 0. The van der Waals surface area contributed by atoms with E-state index in [1.807, 2.05) is 24.9 Å². The molecule has 0 bridgehead atoms. The first-order valence-electron chi connectivity index (χ1n) is 6.51. The van der Waals surface area contributed by atoms with Crippen molar-refractivity contribution >= 4 is 29.1 Å². The van der Waals surface area contributed by atoms with Crippen molar-refractivity contribution in [2.45, 2.75) is 19.4 Å². The quantitative estimate of drug-likeness (QED) is 0.678. The average molecular weight is 280 g/mol. The molecule has 5 heteroatoms. The van der Waals surface area contributed by atoms with Gasteiger partial charge in [-0.15, -0.1) is 0 Å². The van der Waals surface area contributed by atoms with Crippen LogP contribution in [-0.4, -0.2) is 37.2 Å². The van der Waals surface area contributed by atoms with Gasteiger partial charge < -0.3 is 15.4 Å². The minimum atomic E-state index is -0.303. The molecule has 0 amide bonds. The normalized spacial score (nSPS) is 18.3. The second-order valence-electron chi connectivity index (χ2n) is 4.59. The van der Waals surface area contributed by atoms with Gasteiger partial charge >= 0.3 is 5.97 Å². The molecule has 1 atom stereocenters. The van der Waals surface area contributed by atoms with Gasteiger partial charge in [0.1, 0.15) is 0 Å². The fourth-order valence-corrected chi connectivity index (χ4v) is 3.61. The van der Waals surface area contributed by atoms with Crippen LogP contribution in [0.2, 0.25) is 0 Å². The van der Waals surface area contributed by atoms with E-state index in [0.717, 1.165) is 23.6 Å². The van der Waals surface area contributed by atoms with Crippen LogP contribution in [0.4, 0.5) is 11.4 Å². The van der Waals surface area contributed by atoms with E-state index < -0.39 is 0 Å². The van der Waals surface area contributed by atoms with E-state index in [-0.39, 0.29) is 5.97 Å². The Labute approximate surface area is 118 Å². The van der Waals surface area contributed by atoms with E-state index in [2.05, 4.69) is 4.90 Å². The number of anilines is 2. The highest BCUT2D eigenvalue weighted by molar-refractivity contribution is 7.99. The second kappa shape index (κ2) is 6.19. The number of rotatable bonds is 4. The number of ether oxygens (including phenoxy) is 1. The Morgan fingerprint density at radius 3 is 3.00 bits per heavy atom. The molecule has 1 aromatic rings. The molecule has 0 aromatic heterocycles. The predicted molar refractivity (Wildman–Crippen MR) is 80.9 cm³/mol. The van der Waals surface area contributed by atoms with Gasteiger partial charge in [-0.25, -0.2) is 4.79 Å². The Balaban J connectivity index is 2.34. The zero-order valence-corrected chi connectivity index (χ0v) is 12.2. The maximum Gasteiger partial charge on any atom is 0.340 e. The molecule has 1 fully saturated rings. The van der Waals surface area contributed by atoms with Crippen LogP contribution in [0.5, 0.6) is 0 Å². The lowest BCUT2D eigenvalue weighted by Crippen LogP contribution is -2.33. The summed E-state index contributed by atoms with van der Waals surface area (Å²) in [5.41, 5.74) is 8.05. The van der Waals surface area contributed by atoms with Crippen LogP contribution in [0.3, 0.4) is 0 Å². The number of thioether (sulfide) groups is 1. The molecule has 1 aliphatic rings. The van der Waals surface area contributed by atoms with Crippen LogP contribution in [0.1, 0.15) is 23.7 Å². The molecule has 1 aromatic carbocycles. The van der Waals surface area contributed by atoms with Gasteiger partial charge in [-0.1, -0.05) is 6.07 Å². The first kappa shape index (κ1) is 14.1. The molecule has 104 valence electrons. The monoisotopic (exact) mass is 280 g/mol. The standard InChI is InChI=1S/C14H20N2O2S/c1-3-18-14(17)11-5-4-6-12(15)13(11)16(2)10-7-8-19-9-10/h4-6,10H,3,7-9,15H2,1-2H3. The van der Waals surface area contributed by atoms with Gasteiger partial charge in [0.15, 0.2) is 0 Å². The van der Waals surface area contributed by atoms with Crippen LogP contribution in [-0.2, 0) is 4.74 Å². The number of nitrogens with zero attached hydrogens (tertiary/aromatic N) is 1. The summed E-state index contributed by atoms with van der Waals surface area (Å²) in [7, 11) is 2.00. The number of benzene rings is 1. The van der Waals surface area contributed by atoms with E-state index in [1.54, 1.807) is 19.1 Å². The first-order chi connectivity index (χ1) is 9.15. The Hall–Kier alpha value is -1.36. The zero-order chi connectivity index (χ0) is 13.8. The molecule has 1 saturated heterocycles. The largest absolute Gasteiger partial charge is 0.462 e. The van der Waals surface area contributed by atoms with Crippen molar-refractivity contribution in [2.75, 3.05) is 35.8 Å². The highest BCUT2D eigenvalue weighted by atomic mass is 32.2. The predicted octanol–water partition coefficient (Wildman–Crippen LogP) is 2.39. The molecule has 1 heterocycles. The van der Waals surface area contributed by atoms with E-state index in [1.165, 1.54) is 0 Å². The van der Waals surface area contributed by atoms with E-state index in [4.69, 9.17) is 10.5 Å². The summed E-state index contributed by atoms with van der Waals surface area (Å²) in [6.07, 6.45) is 1.12. The van der Waals surface area contributed by atoms with Crippen molar-refractivity contribution < 1.29 is 9.53 Å². The molecule has 0 aliphatic carbocycles. The van der Waals surface area contributed by atoms with Crippen LogP contribution >= 0.6 is 11.8 Å². The lowest BCUT2D eigenvalue weighted by atomic mass is 10.1. The Bertz CT molecular complexity index is 459. The van der Waals surface area contributed by atoms with Crippen molar-refractivity contribution in [3.63, 3.8) is 0 Å². The molecule has 2 rings (SSSR count). The SMILES string of the molecule is CCOC(=O)c1cccc(N)c1N(C)C1CCSC1. The van der Waals surface area contributed by atoms with Gasteiger partial charge in [0, 0.05) is 18.8 Å². The first-order valence-corrected chi connectivity index (χ1v) is 7.66. The van der Waals surface area contributed by atoms with Crippen LogP contribution in [0, 0.1) is 0 Å². The number of nitrogens with two attached hydrogens (primary N) is 1. The number of para-hydroxylation sites is 1. The van der Waals surface area contributed by atoms with Crippen molar-refractivity contribution in [3.8, 4) is 0 Å². The molecule has 1 unspecified atom stereocenters. The zero-order valence-electron chi connectivity index (χ0n) is 11.4. The van der Waals surface area contributed by atoms with Gasteiger partial charge in [-0.2, -0.15) is 11.8 Å². The highest BCUT2D eigenvalue weighted by Gasteiger charge is 2.25. The number of nitrogen functional groups attached to an aromatic ring is 1. The van der Waals surface area contributed by atoms with Gasteiger partial charge in [0.2, 0.25) is 0 Å². The second-order valence-corrected chi connectivity index (χ2v) is 5.74. The lowest BCUT2D eigenvalue weighted by molar-refractivity contribution is 0.0527. The fourth-order valence-electron chi connectivity index (χ4n) is 2.34. The molecule has 0 saturated carbocycles. The molecular weight excluding hydrogens is 260 g/mol. The number of esters is 1. The molecule has 4 nitrogen and oxygen atoms in total. The number of carbonyl (C=O) groups excluding carboxylic acids is 1. The van der Waals surface area contributed by atoms with E-state index in [0.29, 0.717) is 23.9 Å². The van der Waals surface area contributed by atoms with Gasteiger partial charge in [-0.05, 0) is 31.2 Å². The maximum absolute atomic E-state index is 12.0. The summed E-state index contributed by atoms with van der Waals surface area (Å²) in [5.74, 6) is 1.94. The van der Waals surface area contributed by atoms with Crippen molar-refractivity contribution in [2.24, 2.45) is 0 Å². The molecule has 0 radical (unpaired) electrons. The highest BCUT2D eigenvalue weighted by Crippen LogP contribution is 2.33. The smallest absolute Gasteiger partial charge is 0.340 e. The Morgan fingerprint density at radius 1 is 1.58 bits per heavy atom. The third kappa shape index (κ3) is 2.97. The van der Waals surface area contributed by atoms with E-state index in [9.17, 15) is 4.79 Å². The number of hydrogen-bond acceptors (Lipinski definition) is 5. The fraction of sp³-hybridized carbons (Fsp3) is 0.500. The lowest BCUT2D eigenvalue weighted by Gasteiger charge is -2.28. The minimum Gasteiger partial charge on any atom is -0.462 e. The van der Waals surface area contributed by atoms with Crippen LogP contribution in [0.25, 0.3) is 0 Å². The Kier molecular flexibility index (Phi) is 4.58. The summed E-state index contributed by atoms with van der Waals surface area (Å²) in [6.45, 7) is 2.18. The van der Waals surface area contributed by atoms with Gasteiger partial charge in [0.25, 0.3) is 0 Å². The van der Waals surface area contributed by atoms with Crippen LogP contribution in [0.15, 0.2) is 18.2 Å². The third-order valence-corrected chi connectivity index (χ3v) is 4.51. The average Bonchev–Trinajstić information content (AvgIpc) is 2.92. The topological polar surface area (TPSA) is 55.6 Å². The number of carbonyl (C=O) groups is 1.